The van der Waals surface area contributed by atoms with Crippen LogP contribution >= 0.6 is 0 Å². The van der Waals surface area contributed by atoms with Crippen LogP contribution in [-0.4, -0.2) is 50.1 Å². The first-order valence-corrected chi connectivity index (χ1v) is 4.78. The first-order valence-electron chi connectivity index (χ1n) is 4.78. The summed E-state index contributed by atoms with van der Waals surface area (Å²) in [6.07, 6.45) is 0. The van der Waals surface area contributed by atoms with E-state index >= 15 is 0 Å². The Hall–Kier alpha value is -0.0800. The summed E-state index contributed by atoms with van der Waals surface area (Å²) in [7, 11) is 6.45. The second-order valence-corrected chi connectivity index (χ2v) is 4.44. The minimum atomic E-state index is 0.655. The van der Waals surface area contributed by atoms with Gasteiger partial charge in [0.1, 0.15) is 0 Å². The van der Waals surface area contributed by atoms with Gasteiger partial charge in [-0.05, 0) is 34.0 Å². The van der Waals surface area contributed by atoms with E-state index in [4.69, 9.17) is 0 Å². The predicted octanol–water partition coefficient (Wildman–Crippen LogP) is 1.52. The summed E-state index contributed by atoms with van der Waals surface area (Å²) in [5.41, 5.74) is 0. The fraction of sp³-hybridized carbons (Fsp3) is 1.00. The maximum Gasteiger partial charge on any atom is 0.0191 e. The molecular weight excluding hydrogens is 148 g/mol. The number of hydrogen-bond donors (Lipinski definition) is 0. The van der Waals surface area contributed by atoms with E-state index in [1.165, 1.54) is 6.54 Å². The molecule has 2 nitrogen and oxygen atoms in total. The zero-order valence-corrected chi connectivity index (χ0v) is 9.46. The van der Waals surface area contributed by atoms with Crippen molar-refractivity contribution < 1.29 is 0 Å². The molecule has 0 aromatic carbocycles. The van der Waals surface area contributed by atoms with Crippen LogP contribution in [0.2, 0.25) is 0 Å². The SMILES string of the molecule is CC(C)CN(C)[C@@H](C)CN(C)C. The van der Waals surface area contributed by atoms with Gasteiger partial charge in [0, 0.05) is 19.1 Å². The van der Waals surface area contributed by atoms with Gasteiger partial charge in [-0.1, -0.05) is 13.8 Å². The average Bonchev–Trinajstić information content (AvgIpc) is 1.84. The highest BCUT2D eigenvalue weighted by Gasteiger charge is 2.10. The molecule has 0 saturated carbocycles. The van der Waals surface area contributed by atoms with Crippen molar-refractivity contribution in [2.75, 3.05) is 34.2 Å². The van der Waals surface area contributed by atoms with E-state index in [0.29, 0.717) is 6.04 Å². The molecule has 0 N–H and O–H groups in total. The third-order valence-electron chi connectivity index (χ3n) is 2.03. The maximum absolute atomic E-state index is 2.42. The molecule has 0 saturated heterocycles. The third kappa shape index (κ3) is 5.56. The molecule has 0 rings (SSSR count). The van der Waals surface area contributed by atoms with E-state index in [2.05, 4.69) is 51.7 Å². The van der Waals surface area contributed by atoms with Crippen molar-refractivity contribution in [2.45, 2.75) is 26.8 Å². The molecule has 0 aliphatic rings. The highest BCUT2D eigenvalue weighted by Crippen LogP contribution is 2.01. The van der Waals surface area contributed by atoms with E-state index in [1.54, 1.807) is 0 Å². The Morgan fingerprint density at radius 2 is 1.42 bits per heavy atom. The first-order chi connectivity index (χ1) is 5.43. The molecule has 0 unspecified atom stereocenters. The fourth-order valence-corrected chi connectivity index (χ4v) is 1.42. The van der Waals surface area contributed by atoms with Gasteiger partial charge < -0.3 is 9.80 Å². The van der Waals surface area contributed by atoms with Crippen LogP contribution in [-0.2, 0) is 0 Å². The van der Waals surface area contributed by atoms with Crippen LogP contribution in [0.5, 0.6) is 0 Å². The topological polar surface area (TPSA) is 6.48 Å². The van der Waals surface area contributed by atoms with Gasteiger partial charge in [-0.3, -0.25) is 0 Å². The molecule has 0 aromatic heterocycles. The third-order valence-corrected chi connectivity index (χ3v) is 2.03. The summed E-state index contributed by atoms with van der Waals surface area (Å²) < 4.78 is 0. The zero-order valence-electron chi connectivity index (χ0n) is 9.46. The second-order valence-electron chi connectivity index (χ2n) is 4.44. The van der Waals surface area contributed by atoms with Crippen molar-refractivity contribution in [1.29, 1.82) is 0 Å². The smallest absolute Gasteiger partial charge is 0.0191 e. The van der Waals surface area contributed by atoms with Crippen molar-refractivity contribution in [3.8, 4) is 0 Å². The maximum atomic E-state index is 2.42. The molecule has 0 aliphatic heterocycles. The lowest BCUT2D eigenvalue weighted by Crippen LogP contribution is -2.39. The number of hydrogen-bond acceptors (Lipinski definition) is 2. The molecule has 0 amide bonds. The molecule has 74 valence electrons. The molecule has 0 bridgehead atoms. The normalized spacial score (nSPS) is 14.8. The van der Waals surface area contributed by atoms with E-state index in [0.717, 1.165) is 12.5 Å². The van der Waals surface area contributed by atoms with Gasteiger partial charge in [0.2, 0.25) is 0 Å². The lowest BCUT2D eigenvalue weighted by molar-refractivity contribution is 0.191. The highest BCUT2D eigenvalue weighted by molar-refractivity contribution is 4.66. The van der Waals surface area contributed by atoms with Crippen LogP contribution in [0.1, 0.15) is 20.8 Å². The van der Waals surface area contributed by atoms with Crippen LogP contribution in [0, 0.1) is 5.92 Å². The van der Waals surface area contributed by atoms with Crippen LogP contribution in [0.15, 0.2) is 0 Å². The van der Waals surface area contributed by atoms with Crippen molar-refractivity contribution in [3.63, 3.8) is 0 Å². The van der Waals surface area contributed by atoms with Gasteiger partial charge in [-0.2, -0.15) is 0 Å². The van der Waals surface area contributed by atoms with Gasteiger partial charge in [0.05, 0.1) is 0 Å². The van der Waals surface area contributed by atoms with Gasteiger partial charge >= 0.3 is 0 Å². The molecule has 2 heteroatoms. The molecule has 0 heterocycles. The summed E-state index contributed by atoms with van der Waals surface area (Å²) in [5.74, 6) is 0.764. The standard InChI is InChI=1S/C10H24N2/c1-9(2)7-12(6)10(3)8-11(4)5/h9-10H,7-8H2,1-6H3/t10-/m0/s1. The van der Waals surface area contributed by atoms with Crippen LogP contribution in [0.4, 0.5) is 0 Å². The molecule has 0 aliphatic carbocycles. The van der Waals surface area contributed by atoms with E-state index in [1.807, 2.05) is 0 Å². The summed E-state index contributed by atoms with van der Waals surface area (Å²) in [6, 6.07) is 0.655. The minimum absolute atomic E-state index is 0.655. The molecule has 0 radical (unpaired) electrons. The number of nitrogens with zero attached hydrogens (tertiary/aromatic N) is 2. The van der Waals surface area contributed by atoms with Crippen molar-refractivity contribution in [1.82, 2.24) is 9.80 Å². The average molecular weight is 172 g/mol. The van der Waals surface area contributed by atoms with Crippen molar-refractivity contribution in [2.24, 2.45) is 5.92 Å². The zero-order chi connectivity index (χ0) is 9.72. The summed E-state index contributed by atoms with van der Waals surface area (Å²) in [4.78, 5) is 4.66. The molecule has 0 aromatic rings. The monoisotopic (exact) mass is 172 g/mol. The van der Waals surface area contributed by atoms with Gasteiger partial charge in [0.25, 0.3) is 0 Å². The number of likely N-dealkylation sites (N-methyl/N-ethyl adjacent to an activating group) is 2. The minimum Gasteiger partial charge on any atom is -0.308 e. The lowest BCUT2D eigenvalue weighted by atomic mass is 10.2. The lowest BCUT2D eigenvalue weighted by Gasteiger charge is -2.28. The van der Waals surface area contributed by atoms with Crippen LogP contribution in [0.3, 0.4) is 0 Å². The van der Waals surface area contributed by atoms with Crippen molar-refractivity contribution in [3.05, 3.63) is 0 Å². The molecule has 0 spiro atoms. The van der Waals surface area contributed by atoms with E-state index in [9.17, 15) is 0 Å². The summed E-state index contributed by atoms with van der Waals surface area (Å²) >= 11 is 0. The Labute approximate surface area is 77.5 Å². The van der Waals surface area contributed by atoms with E-state index in [-0.39, 0.29) is 0 Å². The molecule has 12 heavy (non-hydrogen) atoms. The van der Waals surface area contributed by atoms with Crippen LogP contribution in [0.25, 0.3) is 0 Å². The Bertz CT molecular complexity index is 96.4. The predicted molar refractivity (Wildman–Crippen MR) is 55.5 cm³/mol. The Balaban J connectivity index is 3.68. The van der Waals surface area contributed by atoms with Crippen molar-refractivity contribution >= 4 is 0 Å². The van der Waals surface area contributed by atoms with E-state index < -0.39 is 0 Å². The number of rotatable bonds is 5. The van der Waals surface area contributed by atoms with Crippen LogP contribution < -0.4 is 0 Å². The fourth-order valence-electron chi connectivity index (χ4n) is 1.42. The summed E-state index contributed by atoms with van der Waals surface area (Å²) in [6.45, 7) is 9.14. The Kier molecular flexibility index (Phi) is 5.51. The first kappa shape index (κ1) is 11.9. The van der Waals surface area contributed by atoms with Gasteiger partial charge in [0.15, 0.2) is 0 Å². The summed E-state index contributed by atoms with van der Waals surface area (Å²) in [5, 5.41) is 0. The largest absolute Gasteiger partial charge is 0.308 e. The Morgan fingerprint density at radius 3 is 1.75 bits per heavy atom. The molecule has 0 fully saturated rings. The quantitative estimate of drug-likeness (QED) is 0.620. The highest BCUT2D eigenvalue weighted by atomic mass is 15.2. The second kappa shape index (κ2) is 5.55. The molecule has 1 atom stereocenters. The molecular formula is C10H24N2. The van der Waals surface area contributed by atoms with Gasteiger partial charge in [-0.15, -0.1) is 0 Å². The van der Waals surface area contributed by atoms with Gasteiger partial charge in [-0.25, -0.2) is 0 Å². The Morgan fingerprint density at radius 1 is 0.917 bits per heavy atom.